The minimum atomic E-state index is 0.590. The molecule has 0 unspecified atom stereocenters. The van der Waals surface area contributed by atoms with Crippen LogP contribution in [-0.4, -0.2) is 34.3 Å². The second kappa shape index (κ2) is 8.36. The number of anilines is 1. The lowest BCUT2D eigenvalue weighted by Crippen LogP contribution is -2.05. The van der Waals surface area contributed by atoms with E-state index in [-0.39, 0.29) is 0 Å². The molecule has 1 N–H and O–H groups in total. The van der Waals surface area contributed by atoms with Gasteiger partial charge in [-0.15, -0.1) is 0 Å². The van der Waals surface area contributed by atoms with Crippen molar-refractivity contribution in [3.63, 3.8) is 0 Å². The Morgan fingerprint density at radius 3 is 2.74 bits per heavy atom. The van der Waals surface area contributed by atoms with E-state index < -0.39 is 0 Å². The Balaban J connectivity index is 1.85. The molecule has 0 fully saturated rings. The lowest BCUT2D eigenvalue weighted by atomic mass is 10.1. The number of nitrogens with one attached hydrogen (secondary N) is 1. The van der Waals surface area contributed by atoms with Crippen molar-refractivity contribution in [3.8, 4) is 11.3 Å². The summed E-state index contributed by atoms with van der Waals surface area (Å²) in [5.41, 5.74) is 5.89. The number of pyridine rings is 1. The molecule has 1 aromatic carbocycles. The zero-order valence-electron chi connectivity index (χ0n) is 15.9. The fourth-order valence-electron chi connectivity index (χ4n) is 2.56. The second-order valence-corrected chi connectivity index (χ2v) is 6.39. The van der Waals surface area contributed by atoms with Gasteiger partial charge in [-0.1, -0.05) is 24.8 Å². The smallest absolute Gasteiger partial charge is 0.137 e. The van der Waals surface area contributed by atoms with Gasteiger partial charge in [-0.25, -0.2) is 9.97 Å². The molecule has 0 aliphatic rings. The van der Waals surface area contributed by atoms with Crippen LogP contribution in [0.1, 0.15) is 12.5 Å². The molecular formula is C22H23N5. The molecule has 0 spiro atoms. The minimum absolute atomic E-state index is 0.590. The molecule has 2 aromatic heterocycles. The van der Waals surface area contributed by atoms with Gasteiger partial charge in [-0.05, 0) is 49.3 Å². The summed E-state index contributed by atoms with van der Waals surface area (Å²) in [5.74, 6) is 0.782. The third-order valence-electron chi connectivity index (χ3n) is 4.24. The number of nitrogens with zero attached hydrogens (tertiary/aromatic N) is 4. The highest BCUT2D eigenvalue weighted by molar-refractivity contribution is 5.93. The lowest BCUT2D eigenvalue weighted by molar-refractivity contribution is 1.17. The fraction of sp³-hybridized carbons (Fsp3) is 0.182. The first kappa shape index (κ1) is 18.5. The summed E-state index contributed by atoms with van der Waals surface area (Å²) in [6.07, 6.45) is 7.35. The average molecular weight is 357 g/mol. The molecule has 0 atom stereocenters. The number of hydrogen-bond donors (Lipinski definition) is 1. The highest BCUT2D eigenvalue weighted by atomic mass is 15.0. The molecule has 5 nitrogen and oxygen atoms in total. The average Bonchev–Trinajstić information content (AvgIpc) is 2.70. The Bertz CT molecular complexity index is 1020. The molecule has 0 aliphatic carbocycles. The quantitative estimate of drug-likeness (QED) is 0.517. The summed E-state index contributed by atoms with van der Waals surface area (Å²) < 4.78 is 0. The molecule has 27 heavy (non-hydrogen) atoms. The van der Waals surface area contributed by atoms with E-state index in [0.29, 0.717) is 6.54 Å². The van der Waals surface area contributed by atoms with E-state index in [0.717, 1.165) is 44.8 Å². The summed E-state index contributed by atoms with van der Waals surface area (Å²) >= 11 is 0. The van der Waals surface area contributed by atoms with Crippen molar-refractivity contribution in [2.24, 2.45) is 4.99 Å². The zero-order chi connectivity index (χ0) is 19.2. The number of aryl methyl sites for hydroxylation is 1. The Labute approximate surface area is 159 Å². The second-order valence-electron chi connectivity index (χ2n) is 6.39. The topological polar surface area (TPSA) is 63.1 Å². The van der Waals surface area contributed by atoms with Gasteiger partial charge >= 0.3 is 0 Å². The highest BCUT2D eigenvalue weighted by Gasteiger charge is 2.07. The summed E-state index contributed by atoms with van der Waals surface area (Å²) in [4.78, 5) is 17.4. The van der Waals surface area contributed by atoms with Gasteiger partial charge in [0.25, 0.3) is 0 Å². The summed E-state index contributed by atoms with van der Waals surface area (Å²) in [6, 6.07) is 10.2. The van der Waals surface area contributed by atoms with Crippen molar-refractivity contribution in [1.29, 1.82) is 0 Å². The molecule has 0 saturated carbocycles. The maximum Gasteiger partial charge on any atom is 0.137 e. The predicted octanol–water partition coefficient (Wildman–Crippen LogP) is 4.62. The molecule has 0 saturated heterocycles. The predicted molar refractivity (Wildman–Crippen MR) is 113 cm³/mol. The van der Waals surface area contributed by atoms with Crippen LogP contribution in [0.3, 0.4) is 0 Å². The molecular weight excluding hydrogens is 334 g/mol. The largest absolute Gasteiger partial charge is 0.365 e. The van der Waals surface area contributed by atoms with Gasteiger partial charge in [0.1, 0.15) is 12.1 Å². The van der Waals surface area contributed by atoms with E-state index in [1.807, 2.05) is 50.4 Å². The number of hydrogen-bond acceptors (Lipinski definition) is 5. The van der Waals surface area contributed by atoms with Crippen LogP contribution in [0.15, 0.2) is 72.2 Å². The Hall–Kier alpha value is -3.34. The third kappa shape index (κ3) is 4.64. The van der Waals surface area contributed by atoms with E-state index in [1.54, 1.807) is 13.4 Å². The monoisotopic (exact) mass is 357 g/mol. The maximum atomic E-state index is 4.51. The van der Waals surface area contributed by atoms with Crippen molar-refractivity contribution in [1.82, 2.24) is 15.0 Å². The van der Waals surface area contributed by atoms with Crippen molar-refractivity contribution < 1.29 is 0 Å². The van der Waals surface area contributed by atoms with E-state index in [4.69, 9.17) is 0 Å². The number of benzene rings is 1. The van der Waals surface area contributed by atoms with Gasteiger partial charge in [-0.2, -0.15) is 0 Å². The number of aromatic nitrogens is 3. The van der Waals surface area contributed by atoms with E-state index in [9.17, 15) is 0 Å². The van der Waals surface area contributed by atoms with Crippen LogP contribution >= 0.6 is 0 Å². The highest BCUT2D eigenvalue weighted by Crippen LogP contribution is 2.26. The molecule has 0 radical (unpaired) electrons. The van der Waals surface area contributed by atoms with Crippen molar-refractivity contribution >= 4 is 22.4 Å². The molecule has 5 heteroatoms. The van der Waals surface area contributed by atoms with Gasteiger partial charge in [0.2, 0.25) is 0 Å². The maximum absolute atomic E-state index is 4.51. The fourth-order valence-corrected chi connectivity index (χ4v) is 2.56. The van der Waals surface area contributed by atoms with Crippen LogP contribution in [0.2, 0.25) is 0 Å². The van der Waals surface area contributed by atoms with Crippen LogP contribution in [0, 0.1) is 6.92 Å². The SMILES string of the molecule is C=C(/C=C\C(C)=NC)CNc1ncnc2ccc(-c3ccc(C)cn3)cc12. The van der Waals surface area contributed by atoms with Crippen LogP contribution in [0.25, 0.3) is 22.2 Å². The molecule has 3 aromatic rings. The Morgan fingerprint density at radius 1 is 1.15 bits per heavy atom. The Morgan fingerprint density at radius 2 is 2.00 bits per heavy atom. The first-order valence-corrected chi connectivity index (χ1v) is 8.77. The summed E-state index contributed by atoms with van der Waals surface area (Å²) in [5, 5.41) is 4.31. The first-order valence-electron chi connectivity index (χ1n) is 8.77. The van der Waals surface area contributed by atoms with E-state index >= 15 is 0 Å². The molecule has 0 bridgehead atoms. The van der Waals surface area contributed by atoms with Crippen LogP contribution in [0.5, 0.6) is 0 Å². The van der Waals surface area contributed by atoms with Crippen LogP contribution < -0.4 is 5.32 Å². The van der Waals surface area contributed by atoms with Gasteiger partial charge in [0.15, 0.2) is 0 Å². The number of allylic oxidation sites excluding steroid dienone is 1. The lowest BCUT2D eigenvalue weighted by Gasteiger charge is -2.10. The number of fused-ring (bicyclic) bond motifs is 1. The van der Waals surface area contributed by atoms with Crippen LogP contribution in [0.4, 0.5) is 5.82 Å². The third-order valence-corrected chi connectivity index (χ3v) is 4.24. The van der Waals surface area contributed by atoms with Crippen molar-refractivity contribution in [3.05, 3.63) is 72.7 Å². The van der Waals surface area contributed by atoms with Gasteiger partial charge < -0.3 is 5.32 Å². The molecule has 0 amide bonds. The number of aliphatic imine (C=N–C) groups is 1. The zero-order valence-corrected chi connectivity index (χ0v) is 15.9. The normalized spacial score (nSPS) is 11.9. The van der Waals surface area contributed by atoms with Gasteiger partial charge in [0, 0.05) is 36.5 Å². The van der Waals surface area contributed by atoms with E-state index in [2.05, 4.69) is 44.0 Å². The molecule has 3 rings (SSSR count). The summed E-state index contributed by atoms with van der Waals surface area (Å²) in [7, 11) is 1.77. The van der Waals surface area contributed by atoms with Crippen LogP contribution in [-0.2, 0) is 0 Å². The van der Waals surface area contributed by atoms with Gasteiger partial charge in [-0.3, -0.25) is 9.98 Å². The molecule has 2 heterocycles. The standard InChI is InChI=1S/C22H23N5/c1-15(5-7-17(3)23-4)13-25-22-19-11-18(8-10-21(19)26-14-27-22)20-9-6-16(2)12-24-20/h5-12,14H,1,13H2,2-4H3,(H,25,26,27)/b7-5-,23-17?. The summed E-state index contributed by atoms with van der Waals surface area (Å²) in [6.45, 7) is 8.65. The molecule has 136 valence electrons. The molecule has 0 aliphatic heterocycles. The van der Waals surface area contributed by atoms with Crippen molar-refractivity contribution in [2.75, 3.05) is 18.9 Å². The van der Waals surface area contributed by atoms with Gasteiger partial charge in [0.05, 0.1) is 11.2 Å². The van der Waals surface area contributed by atoms with E-state index in [1.165, 1.54) is 0 Å². The Kier molecular flexibility index (Phi) is 5.71. The van der Waals surface area contributed by atoms with Crippen molar-refractivity contribution in [2.45, 2.75) is 13.8 Å². The number of rotatable bonds is 6. The first-order chi connectivity index (χ1) is 13.1. The minimum Gasteiger partial charge on any atom is -0.365 e.